The molecule has 2 rings (SSSR count). The van der Waals surface area contributed by atoms with Crippen LogP contribution < -0.4 is 5.32 Å². The third-order valence-electron chi connectivity index (χ3n) is 3.37. The molecule has 0 aliphatic carbocycles. The molecule has 19 heavy (non-hydrogen) atoms. The molecular formula is C17H22N2. The van der Waals surface area contributed by atoms with Crippen LogP contribution in [0, 0.1) is 13.8 Å². The van der Waals surface area contributed by atoms with E-state index in [-0.39, 0.29) is 0 Å². The van der Waals surface area contributed by atoms with E-state index < -0.39 is 0 Å². The summed E-state index contributed by atoms with van der Waals surface area (Å²) < 4.78 is 0. The Kier molecular flexibility index (Phi) is 4.69. The number of rotatable bonds is 5. The second kappa shape index (κ2) is 6.48. The Morgan fingerprint density at radius 2 is 1.89 bits per heavy atom. The van der Waals surface area contributed by atoms with Gasteiger partial charge < -0.3 is 5.32 Å². The molecule has 0 atom stereocenters. The zero-order valence-electron chi connectivity index (χ0n) is 12.0. The molecule has 1 N–H and O–H groups in total. The minimum atomic E-state index is 0.936. The smallest absolute Gasteiger partial charge is 0.0303 e. The van der Waals surface area contributed by atoms with Crippen LogP contribution in [0.3, 0.4) is 0 Å². The number of aromatic nitrogens is 1. The average Bonchev–Trinajstić information content (AvgIpc) is 2.42. The molecule has 0 aliphatic rings. The summed E-state index contributed by atoms with van der Waals surface area (Å²) in [6.45, 7) is 8.47. The second-order valence-electron chi connectivity index (χ2n) is 5.02. The summed E-state index contributed by atoms with van der Waals surface area (Å²) in [6.07, 6.45) is 4.96. The molecule has 2 heteroatoms. The maximum absolute atomic E-state index is 4.17. The molecule has 1 aromatic carbocycles. The van der Waals surface area contributed by atoms with Crippen LogP contribution in [0.1, 0.15) is 30.0 Å². The molecule has 0 amide bonds. The minimum absolute atomic E-state index is 0.936. The highest BCUT2D eigenvalue weighted by Crippen LogP contribution is 2.26. The first kappa shape index (κ1) is 13.8. The minimum Gasteiger partial charge on any atom is -0.313 e. The van der Waals surface area contributed by atoms with Crippen LogP contribution in [-0.4, -0.2) is 11.5 Å². The van der Waals surface area contributed by atoms with E-state index >= 15 is 0 Å². The van der Waals surface area contributed by atoms with Crippen LogP contribution in [0.25, 0.3) is 11.1 Å². The molecule has 0 saturated carbocycles. The van der Waals surface area contributed by atoms with E-state index in [4.69, 9.17) is 0 Å². The van der Waals surface area contributed by atoms with Gasteiger partial charge in [-0.2, -0.15) is 0 Å². The van der Waals surface area contributed by atoms with Gasteiger partial charge >= 0.3 is 0 Å². The number of benzene rings is 1. The van der Waals surface area contributed by atoms with Crippen molar-refractivity contribution in [2.75, 3.05) is 6.54 Å². The van der Waals surface area contributed by atoms with Crippen molar-refractivity contribution in [3.63, 3.8) is 0 Å². The summed E-state index contributed by atoms with van der Waals surface area (Å²) in [4.78, 5) is 4.17. The summed E-state index contributed by atoms with van der Waals surface area (Å²) in [5.41, 5.74) is 6.48. The number of nitrogens with one attached hydrogen (secondary N) is 1. The van der Waals surface area contributed by atoms with Crippen LogP contribution in [0.2, 0.25) is 0 Å². The number of nitrogens with zero attached hydrogens (tertiary/aromatic N) is 1. The molecule has 100 valence electrons. The first-order chi connectivity index (χ1) is 9.22. The Balaban J connectivity index is 2.30. The lowest BCUT2D eigenvalue weighted by molar-refractivity contribution is 0.675. The predicted octanol–water partition coefficient (Wildman–Crippen LogP) is 3.87. The summed E-state index contributed by atoms with van der Waals surface area (Å²) >= 11 is 0. The molecule has 0 radical (unpaired) electrons. The quantitative estimate of drug-likeness (QED) is 0.819. The van der Waals surface area contributed by atoms with Gasteiger partial charge in [0.15, 0.2) is 0 Å². The Labute approximate surface area is 115 Å². The van der Waals surface area contributed by atoms with Gasteiger partial charge in [-0.15, -0.1) is 0 Å². The van der Waals surface area contributed by atoms with Gasteiger partial charge in [0.2, 0.25) is 0 Å². The number of aryl methyl sites for hydroxylation is 2. The van der Waals surface area contributed by atoms with Gasteiger partial charge in [0.1, 0.15) is 0 Å². The molecular weight excluding hydrogens is 232 g/mol. The monoisotopic (exact) mass is 254 g/mol. The van der Waals surface area contributed by atoms with Gasteiger partial charge in [-0.25, -0.2) is 0 Å². The fourth-order valence-electron chi connectivity index (χ4n) is 2.25. The maximum atomic E-state index is 4.17. The lowest BCUT2D eigenvalue weighted by atomic mass is 9.96. The standard InChI is InChI=1S/C17H22N2/c1-4-8-18-12-15-6-5-13(2)17(10-15)16-7-9-19-11-14(16)3/h5-7,9-11,18H,4,8,12H2,1-3H3. The van der Waals surface area contributed by atoms with Crippen LogP contribution >= 0.6 is 0 Å². The summed E-state index contributed by atoms with van der Waals surface area (Å²) in [6, 6.07) is 8.80. The Bertz CT molecular complexity index is 547. The molecule has 0 saturated heterocycles. The van der Waals surface area contributed by atoms with Crippen molar-refractivity contribution in [1.29, 1.82) is 0 Å². The van der Waals surface area contributed by atoms with Crippen molar-refractivity contribution in [1.82, 2.24) is 10.3 Å². The third kappa shape index (κ3) is 3.42. The lowest BCUT2D eigenvalue weighted by Crippen LogP contribution is -2.13. The van der Waals surface area contributed by atoms with Crippen LogP contribution in [0.15, 0.2) is 36.7 Å². The largest absolute Gasteiger partial charge is 0.313 e. The molecule has 0 fully saturated rings. The molecule has 0 unspecified atom stereocenters. The topological polar surface area (TPSA) is 24.9 Å². The van der Waals surface area contributed by atoms with Gasteiger partial charge in [0.05, 0.1) is 0 Å². The molecule has 1 aromatic heterocycles. The summed E-state index contributed by atoms with van der Waals surface area (Å²) in [5, 5.41) is 3.45. The van der Waals surface area contributed by atoms with Crippen molar-refractivity contribution < 1.29 is 0 Å². The molecule has 0 spiro atoms. The highest BCUT2D eigenvalue weighted by molar-refractivity contribution is 5.70. The van der Waals surface area contributed by atoms with Crippen molar-refractivity contribution in [3.8, 4) is 11.1 Å². The van der Waals surface area contributed by atoms with E-state index in [9.17, 15) is 0 Å². The Morgan fingerprint density at radius 1 is 1.05 bits per heavy atom. The maximum Gasteiger partial charge on any atom is 0.0303 e. The van der Waals surface area contributed by atoms with E-state index in [1.54, 1.807) is 0 Å². The molecule has 0 aliphatic heterocycles. The van der Waals surface area contributed by atoms with Gasteiger partial charge in [-0.05, 0) is 66.8 Å². The van der Waals surface area contributed by atoms with Gasteiger partial charge in [-0.3, -0.25) is 4.98 Å². The van der Waals surface area contributed by atoms with Gasteiger partial charge in [0.25, 0.3) is 0 Å². The normalized spacial score (nSPS) is 10.7. The molecule has 0 bridgehead atoms. The van der Waals surface area contributed by atoms with Crippen LogP contribution in [0.4, 0.5) is 0 Å². The highest BCUT2D eigenvalue weighted by atomic mass is 14.8. The average molecular weight is 254 g/mol. The Hall–Kier alpha value is -1.67. The SMILES string of the molecule is CCCNCc1ccc(C)c(-c2ccncc2C)c1. The van der Waals surface area contributed by atoms with Crippen molar-refractivity contribution in [3.05, 3.63) is 53.3 Å². The zero-order chi connectivity index (χ0) is 13.7. The van der Waals surface area contributed by atoms with E-state index in [0.29, 0.717) is 0 Å². The van der Waals surface area contributed by atoms with Crippen molar-refractivity contribution in [2.45, 2.75) is 33.7 Å². The van der Waals surface area contributed by atoms with Crippen molar-refractivity contribution >= 4 is 0 Å². The molecule has 2 aromatic rings. The first-order valence-electron chi connectivity index (χ1n) is 6.93. The fraction of sp³-hybridized carbons (Fsp3) is 0.353. The molecule has 1 heterocycles. The number of hydrogen-bond donors (Lipinski definition) is 1. The number of pyridine rings is 1. The van der Waals surface area contributed by atoms with Gasteiger partial charge in [-0.1, -0.05) is 19.1 Å². The Morgan fingerprint density at radius 3 is 2.63 bits per heavy atom. The van der Waals surface area contributed by atoms with Crippen LogP contribution in [0.5, 0.6) is 0 Å². The van der Waals surface area contributed by atoms with E-state index in [1.165, 1.54) is 34.2 Å². The summed E-state index contributed by atoms with van der Waals surface area (Å²) in [7, 11) is 0. The zero-order valence-corrected chi connectivity index (χ0v) is 12.0. The van der Waals surface area contributed by atoms with E-state index in [0.717, 1.165) is 13.1 Å². The molecule has 2 nitrogen and oxygen atoms in total. The van der Waals surface area contributed by atoms with Gasteiger partial charge in [0, 0.05) is 18.9 Å². The second-order valence-corrected chi connectivity index (χ2v) is 5.02. The van der Waals surface area contributed by atoms with E-state index in [1.807, 2.05) is 12.4 Å². The fourth-order valence-corrected chi connectivity index (χ4v) is 2.25. The number of hydrogen-bond acceptors (Lipinski definition) is 2. The summed E-state index contributed by atoms with van der Waals surface area (Å²) in [5.74, 6) is 0. The van der Waals surface area contributed by atoms with Crippen molar-refractivity contribution in [2.24, 2.45) is 0 Å². The predicted molar refractivity (Wildman–Crippen MR) is 81.1 cm³/mol. The van der Waals surface area contributed by atoms with Crippen LogP contribution in [-0.2, 0) is 6.54 Å². The highest BCUT2D eigenvalue weighted by Gasteiger charge is 2.06. The lowest BCUT2D eigenvalue weighted by Gasteiger charge is -2.11. The third-order valence-corrected chi connectivity index (χ3v) is 3.37. The van der Waals surface area contributed by atoms with E-state index in [2.05, 4.69) is 55.3 Å². The first-order valence-corrected chi connectivity index (χ1v) is 6.93.